The molecule has 0 aromatic heterocycles. The Labute approximate surface area is 224 Å². The van der Waals surface area contributed by atoms with Crippen LogP contribution in [0.3, 0.4) is 0 Å². The Hall–Kier alpha value is -3.69. The number of nitrogens with zero attached hydrogens (tertiary/aromatic N) is 2. The zero-order valence-electron chi connectivity index (χ0n) is 20.2. The lowest BCUT2D eigenvalue weighted by molar-refractivity contribution is -0.122. The lowest BCUT2D eigenvalue weighted by Gasteiger charge is -2.30. The lowest BCUT2D eigenvalue weighted by Crippen LogP contribution is -2.48. The number of hydrogen-bond acceptors (Lipinski definition) is 5. The molecule has 1 aliphatic heterocycles. The van der Waals surface area contributed by atoms with Crippen LogP contribution in [-0.2, 0) is 16.0 Å². The standard InChI is InChI=1S/C27H25ClFN3O4S/c1-35-23-12-3-17(15-24(23)36-2)13-14-31(27(37)30-20-8-4-18(28)5-9-20)22-16-25(33)32(26(22)34)21-10-6-19(29)7-11-21/h3-12,15,22H,13-14,16H2,1-2H3,(H,30,37). The molecule has 0 saturated carbocycles. The molecule has 0 bridgehead atoms. The van der Waals surface area contributed by atoms with Crippen LogP contribution < -0.4 is 19.7 Å². The Balaban J connectivity index is 1.59. The quantitative estimate of drug-likeness (QED) is 0.315. The van der Waals surface area contributed by atoms with Gasteiger partial charge in [-0.1, -0.05) is 17.7 Å². The van der Waals surface area contributed by atoms with Crippen molar-refractivity contribution >= 4 is 52.1 Å². The van der Waals surface area contributed by atoms with Gasteiger partial charge < -0.3 is 19.7 Å². The molecule has 10 heteroatoms. The van der Waals surface area contributed by atoms with Gasteiger partial charge in [-0.3, -0.25) is 9.59 Å². The predicted octanol–water partition coefficient (Wildman–Crippen LogP) is 5.07. The van der Waals surface area contributed by atoms with Gasteiger partial charge in [-0.2, -0.15) is 0 Å². The van der Waals surface area contributed by atoms with Crippen LogP contribution in [0.5, 0.6) is 11.5 Å². The number of carbonyl (C=O) groups is 2. The number of ether oxygens (including phenoxy) is 2. The number of anilines is 2. The summed E-state index contributed by atoms with van der Waals surface area (Å²) in [5.41, 5.74) is 1.94. The second kappa shape index (κ2) is 11.6. The van der Waals surface area contributed by atoms with Gasteiger partial charge in [0, 0.05) is 17.3 Å². The number of thiocarbonyl (C=S) groups is 1. The number of halogens is 2. The third-order valence-electron chi connectivity index (χ3n) is 6.03. The lowest BCUT2D eigenvalue weighted by atomic mass is 10.1. The van der Waals surface area contributed by atoms with Gasteiger partial charge in [-0.15, -0.1) is 0 Å². The maximum absolute atomic E-state index is 13.5. The summed E-state index contributed by atoms with van der Waals surface area (Å²) in [5.74, 6) is -0.0713. The first-order valence-electron chi connectivity index (χ1n) is 11.5. The van der Waals surface area contributed by atoms with Crippen molar-refractivity contribution in [3.63, 3.8) is 0 Å². The van der Waals surface area contributed by atoms with Crippen LogP contribution in [0.25, 0.3) is 0 Å². The third kappa shape index (κ3) is 6.00. The van der Waals surface area contributed by atoms with Gasteiger partial charge in [-0.25, -0.2) is 9.29 Å². The Morgan fingerprint density at radius 3 is 2.38 bits per heavy atom. The van der Waals surface area contributed by atoms with E-state index >= 15 is 0 Å². The van der Waals surface area contributed by atoms with E-state index in [1.807, 2.05) is 18.2 Å². The third-order valence-corrected chi connectivity index (χ3v) is 6.62. The SMILES string of the molecule is COc1ccc(CCN(C(=S)Nc2ccc(Cl)cc2)C2CC(=O)N(c3ccc(F)cc3)C2=O)cc1OC. The van der Waals surface area contributed by atoms with Crippen LogP contribution in [0.4, 0.5) is 15.8 Å². The van der Waals surface area contributed by atoms with Gasteiger partial charge in [0.15, 0.2) is 16.6 Å². The number of hydrogen-bond donors (Lipinski definition) is 1. The topological polar surface area (TPSA) is 71.1 Å². The van der Waals surface area contributed by atoms with E-state index in [2.05, 4.69) is 5.32 Å². The highest BCUT2D eigenvalue weighted by Gasteiger charge is 2.43. The van der Waals surface area contributed by atoms with E-state index in [0.717, 1.165) is 10.5 Å². The van der Waals surface area contributed by atoms with Crippen molar-refractivity contribution in [1.29, 1.82) is 0 Å². The molecule has 1 aliphatic rings. The smallest absolute Gasteiger partial charge is 0.257 e. The van der Waals surface area contributed by atoms with E-state index < -0.39 is 17.8 Å². The Kier molecular flexibility index (Phi) is 8.25. The van der Waals surface area contributed by atoms with E-state index in [1.165, 1.54) is 24.3 Å². The van der Waals surface area contributed by atoms with E-state index in [9.17, 15) is 14.0 Å². The number of rotatable bonds is 8. The van der Waals surface area contributed by atoms with Crippen LogP contribution in [0.1, 0.15) is 12.0 Å². The first kappa shape index (κ1) is 26.4. The first-order chi connectivity index (χ1) is 17.8. The summed E-state index contributed by atoms with van der Waals surface area (Å²) in [4.78, 5) is 29.2. The molecule has 0 spiro atoms. The minimum atomic E-state index is -0.829. The predicted molar refractivity (Wildman–Crippen MR) is 145 cm³/mol. The van der Waals surface area contributed by atoms with E-state index in [1.54, 1.807) is 43.4 Å². The second-order valence-corrected chi connectivity index (χ2v) is 9.16. The fraction of sp³-hybridized carbons (Fsp3) is 0.222. The second-order valence-electron chi connectivity index (χ2n) is 8.33. The molecule has 0 aliphatic carbocycles. The van der Waals surface area contributed by atoms with Crippen LogP contribution in [0.2, 0.25) is 5.02 Å². The Bertz CT molecular complexity index is 1300. The molecular formula is C27H25ClFN3O4S. The summed E-state index contributed by atoms with van der Waals surface area (Å²) < 4.78 is 24.1. The maximum Gasteiger partial charge on any atom is 0.257 e. The van der Waals surface area contributed by atoms with Crippen LogP contribution in [0, 0.1) is 5.82 Å². The van der Waals surface area contributed by atoms with Crippen LogP contribution in [0.15, 0.2) is 66.7 Å². The number of nitrogens with one attached hydrogen (secondary N) is 1. The zero-order valence-corrected chi connectivity index (χ0v) is 21.8. The monoisotopic (exact) mass is 541 g/mol. The molecule has 192 valence electrons. The van der Waals surface area contributed by atoms with Gasteiger partial charge in [0.25, 0.3) is 5.91 Å². The van der Waals surface area contributed by atoms with E-state index in [-0.39, 0.29) is 17.4 Å². The van der Waals surface area contributed by atoms with Crippen molar-refractivity contribution in [3.05, 3.63) is 83.1 Å². The fourth-order valence-electron chi connectivity index (χ4n) is 4.13. The fourth-order valence-corrected chi connectivity index (χ4v) is 4.60. The molecule has 2 amide bonds. The molecule has 4 rings (SSSR count). The van der Waals surface area contributed by atoms with Crippen molar-refractivity contribution in [2.45, 2.75) is 18.9 Å². The number of imide groups is 1. The van der Waals surface area contributed by atoms with Crippen molar-refractivity contribution in [2.24, 2.45) is 0 Å². The van der Waals surface area contributed by atoms with E-state index in [4.69, 9.17) is 33.3 Å². The van der Waals surface area contributed by atoms with Gasteiger partial charge in [0.05, 0.1) is 26.3 Å². The molecule has 1 N–H and O–H groups in total. The molecular weight excluding hydrogens is 517 g/mol. The maximum atomic E-state index is 13.5. The number of carbonyl (C=O) groups excluding carboxylic acids is 2. The summed E-state index contributed by atoms with van der Waals surface area (Å²) in [6, 6.07) is 17.0. The van der Waals surface area contributed by atoms with Crippen molar-refractivity contribution in [3.8, 4) is 11.5 Å². The molecule has 1 fully saturated rings. The highest BCUT2D eigenvalue weighted by molar-refractivity contribution is 7.80. The van der Waals surface area contributed by atoms with Gasteiger partial charge >= 0.3 is 0 Å². The minimum Gasteiger partial charge on any atom is -0.493 e. The molecule has 3 aromatic rings. The van der Waals surface area contributed by atoms with Gasteiger partial charge in [0.1, 0.15) is 11.9 Å². The average Bonchev–Trinajstić information content (AvgIpc) is 3.19. The Morgan fingerprint density at radius 2 is 1.73 bits per heavy atom. The molecule has 1 saturated heterocycles. The van der Waals surface area contributed by atoms with Gasteiger partial charge in [0.2, 0.25) is 5.91 Å². The average molecular weight is 542 g/mol. The summed E-state index contributed by atoms with van der Waals surface area (Å²) >= 11 is 11.7. The highest BCUT2D eigenvalue weighted by Crippen LogP contribution is 2.29. The molecule has 37 heavy (non-hydrogen) atoms. The molecule has 1 unspecified atom stereocenters. The van der Waals surface area contributed by atoms with Crippen molar-refractivity contribution in [2.75, 3.05) is 31.0 Å². The van der Waals surface area contributed by atoms with Crippen LogP contribution >= 0.6 is 23.8 Å². The van der Waals surface area contributed by atoms with Crippen molar-refractivity contribution in [1.82, 2.24) is 4.90 Å². The minimum absolute atomic E-state index is 0.0649. The van der Waals surface area contributed by atoms with Crippen molar-refractivity contribution < 1.29 is 23.5 Å². The molecule has 1 atom stereocenters. The summed E-state index contributed by atoms with van der Waals surface area (Å²) in [5, 5.41) is 4.01. The largest absolute Gasteiger partial charge is 0.493 e. The Morgan fingerprint density at radius 1 is 1.05 bits per heavy atom. The normalized spacial score (nSPS) is 15.0. The molecule has 7 nitrogen and oxygen atoms in total. The molecule has 0 radical (unpaired) electrons. The first-order valence-corrected chi connectivity index (χ1v) is 12.3. The summed E-state index contributed by atoms with van der Waals surface area (Å²) in [6.07, 6.45) is 0.446. The number of methoxy groups -OCH3 is 2. The molecule has 1 heterocycles. The van der Waals surface area contributed by atoms with E-state index in [0.29, 0.717) is 40.9 Å². The number of amides is 2. The highest BCUT2D eigenvalue weighted by atomic mass is 35.5. The summed E-state index contributed by atoms with van der Waals surface area (Å²) in [6.45, 7) is 0.343. The zero-order chi connectivity index (χ0) is 26.5. The number of benzene rings is 3. The van der Waals surface area contributed by atoms with Crippen LogP contribution in [-0.4, -0.2) is 48.6 Å². The summed E-state index contributed by atoms with van der Waals surface area (Å²) in [7, 11) is 3.13. The molecule has 3 aromatic carbocycles. The van der Waals surface area contributed by atoms with Gasteiger partial charge in [-0.05, 0) is 84.9 Å².